The summed E-state index contributed by atoms with van der Waals surface area (Å²) in [7, 11) is 0. The minimum Gasteiger partial charge on any atom is -0.480 e. The van der Waals surface area contributed by atoms with Gasteiger partial charge in [-0.15, -0.1) is 0 Å². The van der Waals surface area contributed by atoms with E-state index in [2.05, 4.69) is 28.2 Å². The zero-order valence-corrected chi connectivity index (χ0v) is 15.3. The van der Waals surface area contributed by atoms with Crippen LogP contribution in [0.5, 0.6) is 0 Å². The second-order valence-electron chi connectivity index (χ2n) is 6.36. The molecule has 7 heteroatoms. The van der Waals surface area contributed by atoms with Gasteiger partial charge in [-0.25, -0.2) is 0 Å². The molecule has 0 saturated heterocycles. The fourth-order valence-electron chi connectivity index (χ4n) is 3.15. The predicted octanol–water partition coefficient (Wildman–Crippen LogP) is 2.75. The van der Waals surface area contributed by atoms with E-state index in [1.54, 1.807) is 0 Å². The number of rotatable bonds is 3. The molecule has 27 heavy (non-hydrogen) atoms. The van der Waals surface area contributed by atoms with E-state index in [0.717, 1.165) is 23.7 Å². The SMILES string of the molecule is NCC(=O)O.O=C(NC1Cc2ccccc2C1)c1cc2cc(Cl)ccc2[nH]1. The molecule has 1 aromatic heterocycles. The van der Waals surface area contributed by atoms with E-state index >= 15 is 0 Å². The van der Waals surface area contributed by atoms with Gasteiger partial charge in [0.05, 0.1) is 6.54 Å². The van der Waals surface area contributed by atoms with E-state index in [1.165, 1.54) is 11.1 Å². The molecule has 0 unspecified atom stereocenters. The van der Waals surface area contributed by atoms with E-state index in [9.17, 15) is 9.59 Å². The molecule has 1 amide bonds. The Hall–Kier alpha value is -2.83. The number of carboxylic acid groups (broad SMARTS) is 1. The van der Waals surface area contributed by atoms with Gasteiger partial charge in [-0.2, -0.15) is 0 Å². The number of halogens is 1. The van der Waals surface area contributed by atoms with Gasteiger partial charge in [0.25, 0.3) is 5.91 Å². The summed E-state index contributed by atoms with van der Waals surface area (Å²) in [5.41, 5.74) is 8.73. The van der Waals surface area contributed by atoms with Crippen LogP contribution in [0.15, 0.2) is 48.5 Å². The number of carboxylic acids is 1. The quantitative estimate of drug-likeness (QED) is 0.555. The lowest BCUT2D eigenvalue weighted by atomic mass is 10.1. The zero-order valence-electron chi connectivity index (χ0n) is 14.5. The minimum absolute atomic E-state index is 0.0647. The first kappa shape index (κ1) is 18.9. The van der Waals surface area contributed by atoms with Crippen LogP contribution in [0.4, 0.5) is 0 Å². The van der Waals surface area contributed by atoms with Crippen LogP contribution < -0.4 is 11.1 Å². The number of hydrogen-bond donors (Lipinski definition) is 4. The number of aromatic nitrogens is 1. The molecule has 0 spiro atoms. The zero-order chi connectivity index (χ0) is 19.4. The first-order chi connectivity index (χ1) is 13.0. The van der Waals surface area contributed by atoms with Crippen molar-refractivity contribution in [2.24, 2.45) is 5.73 Å². The van der Waals surface area contributed by atoms with Crippen LogP contribution in [0.25, 0.3) is 10.9 Å². The molecular weight excluding hydrogens is 366 g/mol. The van der Waals surface area contributed by atoms with Gasteiger partial charge in [0.1, 0.15) is 5.69 Å². The van der Waals surface area contributed by atoms with Crippen LogP contribution in [0, 0.1) is 0 Å². The van der Waals surface area contributed by atoms with Gasteiger partial charge in [0.15, 0.2) is 0 Å². The van der Waals surface area contributed by atoms with E-state index in [-0.39, 0.29) is 18.5 Å². The van der Waals surface area contributed by atoms with E-state index in [1.807, 2.05) is 36.4 Å². The first-order valence-electron chi connectivity index (χ1n) is 8.54. The van der Waals surface area contributed by atoms with Crippen LogP contribution in [0.2, 0.25) is 5.02 Å². The molecule has 4 rings (SSSR count). The summed E-state index contributed by atoms with van der Waals surface area (Å²) in [6.45, 7) is -0.278. The highest BCUT2D eigenvalue weighted by molar-refractivity contribution is 6.31. The minimum atomic E-state index is -0.968. The van der Waals surface area contributed by atoms with Crippen LogP contribution in [0.1, 0.15) is 21.6 Å². The Kier molecular flexibility index (Phi) is 5.78. The van der Waals surface area contributed by atoms with Gasteiger partial charge in [0.2, 0.25) is 0 Å². The number of aliphatic carboxylic acids is 1. The van der Waals surface area contributed by atoms with Gasteiger partial charge in [-0.05, 0) is 48.2 Å². The third-order valence-electron chi connectivity index (χ3n) is 4.39. The number of carbonyl (C=O) groups is 2. The van der Waals surface area contributed by atoms with Gasteiger partial charge in [0, 0.05) is 22.0 Å². The smallest absolute Gasteiger partial charge is 0.317 e. The van der Waals surface area contributed by atoms with Gasteiger partial charge >= 0.3 is 5.97 Å². The second kappa shape index (κ2) is 8.24. The molecule has 0 aliphatic heterocycles. The number of aromatic amines is 1. The lowest BCUT2D eigenvalue weighted by Gasteiger charge is -2.10. The highest BCUT2D eigenvalue weighted by atomic mass is 35.5. The molecule has 1 heterocycles. The summed E-state index contributed by atoms with van der Waals surface area (Å²) in [5.74, 6) is -1.03. The Morgan fingerprint density at radius 2 is 1.78 bits per heavy atom. The summed E-state index contributed by atoms with van der Waals surface area (Å²) in [5, 5.41) is 12.3. The monoisotopic (exact) mass is 385 g/mol. The summed E-state index contributed by atoms with van der Waals surface area (Å²) >= 11 is 5.98. The van der Waals surface area contributed by atoms with Crippen molar-refractivity contribution in [2.75, 3.05) is 6.54 Å². The van der Waals surface area contributed by atoms with Gasteiger partial charge in [-0.1, -0.05) is 35.9 Å². The lowest BCUT2D eigenvalue weighted by Crippen LogP contribution is -2.35. The number of H-pyrrole nitrogens is 1. The fraction of sp³-hybridized carbons (Fsp3) is 0.200. The first-order valence-corrected chi connectivity index (χ1v) is 8.92. The summed E-state index contributed by atoms with van der Waals surface area (Å²) in [6, 6.07) is 15.9. The Bertz CT molecular complexity index is 959. The summed E-state index contributed by atoms with van der Waals surface area (Å²) in [6.07, 6.45) is 1.79. The molecule has 140 valence electrons. The Morgan fingerprint density at radius 1 is 1.15 bits per heavy atom. The molecule has 2 aromatic carbocycles. The molecule has 0 fully saturated rings. The highest BCUT2D eigenvalue weighted by Crippen LogP contribution is 2.23. The number of amides is 1. The van der Waals surface area contributed by atoms with Crippen molar-refractivity contribution in [1.29, 1.82) is 0 Å². The Balaban J connectivity index is 0.000000376. The Labute approximate surface area is 161 Å². The van der Waals surface area contributed by atoms with E-state index in [0.29, 0.717) is 10.7 Å². The molecule has 0 radical (unpaired) electrons. The lowest BCUT2D eigenvalue weighted by molar-refractivity contribution is -0.135. The average molecular weight is 386 g/mol. The van der Waals surface area contributed by atoms with Crippen molar-refractivity contribution in [3.05, 3.63) is 70.4 Å². The number of fused-ring (bicyclic) bond motifs is 2. The van der Waals surface area contributed by atoms with Gasteiger partial charge < -0.3 is 21.1 Å². The van der Waals surface area contributed by atoms with Crippen LogP contribution >= 0.6 is 11.6 Å². The molecule has 1 aliphatic rings. The molecule has 1 aliphatic carbocycles. The third kappa shape index (κ3) is 4.67. The summed E-state index contributed by atoms with van der Waals surface area (Å²) < 4.78 is 0. The maximum Gasteiger partial charge on any atom is 0.317 e. The van der Waals surface area contributed by atoms with Crippen LogP contribution in [-0.4, -0.2) is 34.6 Å². The summed E-state index contributed by atoms with van der Waals surface area (Å²) in [4.78, 5) is 24.8. The Morgan fingerprint density at radius 3 is 2.37 bits per heavy atom. The molecule has 0 atom stereocenters. The van der Waals surface area contributed by atoms with Crippen molar-refractivity contribution in [3.63, 3.8) is 0 Å². The molecule has 0 bridgehead atoms. The van der Waals surface area contributed by atoms with Crippen molar-refractivity contribution in [1.82, 2.24) is 10.3 Å². The maximum atomic E-state index is 12.4. The number of hydrogen-bond acceptors (Lipinski definition) is 3. The standard InChI is InChI=1S/C18H15ClN2O.C2H5NO2/c19-14-5-6-16-13(7-14)10-17(21-16)18(22)20-15-8-11-3-1-2-4-12(11)9-15;3-1-2(4)5/h1-7,10,15,21H,8-9H2,(H,20,22);1,3H2,(H,4,5). The van der Waals surface area contributed by atoms with Gasteiger partial charge in [-0.3, -0.25) is 9.59 Å². The molecule has 5 N–H and O–H groups in total. The molecular formula is C20H20ClN3O3. The third-order valence-corrected chi connectivity index (χ3v) is 4.62. The van der Waals surface area contributed by atoms with E-state index < -0.39 is 5.97 Å². The number of carbonyl (C=O) groups excluding carboxylic acids is 1. The van der Waals surface area contributed by atoms with Crippen LogP contribution in [0.3, 0.4) is 0 Å². The van der Waals surface area contributed by atoms with Crippen molar-refractivity contribution in [2.45, 2.75) is 18.9 Å². The molecule has 6 nitrogen and oxygen atoms in total. The maximum absolute atomic E-state index is 12.4. The number of nitrogens with one attached hydrogen (secondary N) is 2. The highest BCUT2D eigenvalue weighted by Gasteiger charge is 2.23. The van der Waals surface area contributed by atoms with Crippen molar-refractivity contribution < 1.29 is 14.7 Å². The molecule has 3 aromatic rings. The predicted molar refractivity (Wildman–Crippen MR) is 105 cm³/mol. The largest absolute Gasteiger partial charge is 0.480 e. The number of benzene rings is 2. The van der Waals surface area contributed by atoms with E-state index in [4.69, 9.17) is 16.7 Å². The number of nitrogens with two attached hydrogens (primary N) is 1. The van der Waals surface area contributed by atoms with Crippen molar-refractivity contribution >= 4 is 34.4 Å². The average Bonchev–Trinajstić information content (AvgIpc) is 3.24. The fourth-order valence-corrected chi connectivity index (χ4v) is 3.33. The van der Waals surface area contributed by atoms with Crippen LogP contribution in [-0.2, 0) is 17.6 Å². The topological polar surface area (TPSA) is 108 Å². The molecule has 0 saturated carbocycles. The van der Waals surface area contributed by atoms with Crippen molar-refractivity contribution in [3.8, 4) is 0 Å². The normalized spacial score (nSPS) is 13.0. The second-order valence-corrected chi connectivity index (χ2v) is 6.80.